The van der Waals surface area contributed by atoms with E-state index in [1.807, 2.05) is 0 Å². The fourth-order valence-electron chi connectivity index (χ4n) is 3.65. The minimum atomic E-state index is -4.78. The van der Waals surface area contributed by atoms with Crippen molar-refractivity contribution in [3.05, 3.63) is 64.7 Å². The van der Waals surface area contributed by atoms with E-state index in [0.29, 0.717) is 6.07 Å². The first-order chi connectivity index (χ1) is 15.1. The fraction of sp³-hybridized carbons (Fsp3) is 0.190. The van der Waals surface area contributed by atoms with E-state index in [1.165, 1.54) is 17.0 Å². The van der Waals surface area contributed by atoms with Gasteiger partial charge >= 0.3 is 6.18 Å². The molecule has 0 N–H and O–H groups in total. The van der Waals surface area contributed by atoms with Crippen molar-refractivity contribution < 1.29 is 27.6 Å². The summed E-state index contributed by atoms with van der Waals surface area (Å²) in [7, 11) is 0. The third-order valence-corrected chi connectivity index (χ3v) is 5.64. The van der Waals surface area contributed by atoms with Gasteiger partial charge in [-0.2, -0.15) is 18.4 Å². The lowest BCUT2D eigenvalue weighted by Gasteiger charge is -2.23. The van der Waals surface area contributed by atoms with E-state index in [4.69, 9.17) is 17.5 Å². The number of imide groups is 1. The monoisotopic (exact) mass is 458 g/mol. The molecular formula is C21H13F3N4O3S. The quantitative estimate of drug-likeness (QED) is 0.518. The number of rotatable bonds is 4. The van der Waals surface area contributed by atoms with Crippen molar-refractivity contribution in [2.24, 2.45) is 0 Å². The number of halogens is 3. The van der Waals surface area contributed by atoms with Gasteiger partial charge in [0.15, 0.2) is 5.11 Å². The van der Waals surface area contributed by atoms with E-state index in [2.05, 4.69) is 0 Å². The second-order valence-electron chi connectivity index (χ2n) is 7.08. The summed E-state index contributed by atoms with van der Waals surface area (Å²) >= 11 is 5.28. The maximum absolute atomic E-state index is 13.3. The van der Waals surface area contributed by atoms with Gasteiger partial charge in [-0.15, -0.1) is 0 Å². The number of thiocarbonyl (C=S) groups is 1. The molecule has 1 fully saturated rings. The van der Waals surface area contributed by atoms with Gasteiger partial charge in [-0.1, -0.05) is 12.1 Å². The van der Waals surface area contributed by atoms with Crippen molar-refractivity contribution in [1.29, 1.82) is 5.26 Å². The van der Waals surface area contributed by atoms with Crippen LogP contribution in [0.4, 0.5) is 18.9 Å². The number of hydrogen-bond acceptors (Lipinski definition) is 5. The predicted molar refractivity (Wildman–Crippen MR) is 110 cm³/mol. The summed E-state index contributed by atoms with van der Waals surface area (Å²) in [5, 5.41) is 8.89. The standard InChI is InChI=1S/C21H13F3N4O3S/c22-21(23,24)16-9-13(6-5-12(16)10-25)28-17(29)11-26(20(28)32)7-8-27-18(30)14-3-1-2-4-15(14)19(27)31/h1-6,9H,7-8,11H2. The van der Waals surface area contributed by atoms with Crippen LogP contribution in [0.25, 0.3) is 0 Å². The Morgan fingerprint density at radius 3 is 2.19 bits per heavy atom. The number of nitrogens with zero attached hydrogens (tertiary/aromatic N) is 4. The van der Waals surface area contributed by atoms with E-state index in [9.17, 15) is 27.6 Å². The van der Waals surface area contributed by atoms with Crippen molar-refractivity contribution in [3.8, 4) is 6.07 Å². The van der Waals surface area contributed by atoms with Crippen molar-refractivity contribution in [1.82, 2.24) is 9.80 Å². The molecule has 2 aromatic carbocycles. The normalized spacial score (nSPS) is 16.1. The number of anilines is 1. The molecule has 1 saturated heterocycles. The number of nitriles is 1. The average Bonchev–Trinajstić information content (AvgIpc) is 3.18. The molecule has 0 spiro atoms. The van der Waals surface area contributed by atoms with Crippen LogP contribution in [0, 0.1) is 11.3 Å². The Morgan fingerprint density at radius 1 is 1.00 bits per heavy atom. The zero-order valence-corrected chi connectivity index (χ0v) is 17.0. The maximum atomic E-state index is 13.3. The maximum Gasteiger partial charge on any atom is 0.417 e. The number of alkyl halides is 3. The van der Waals surface area contributed by atoms with Crippen LogP contribution in [0.15, 0.2) is 42.5 Å². The molecule has 2 aromatic rings. The van der Waals surface area contributed by atoms with Crippen LogP contribution in [-0.4, -0.2) is 52.3 Å². The van der Waals surface area contributed by atoms with Crippen LogP contribution in [-0.2, 0) is 11.0 Å². The Bertz CT molecular complexity index is 1190. The third kappa shape index (κ3) is 3.48. The highest BCUT2D eigenvalue weighted by Gasteiger charge is 2.39. The second kappa shape index (κ2) is 7.72. The largest absolute Gasteiger partial charge is 0.417 e. The molecule has 0 aromatic heterocycles. The van der Waals surface area contributed by atoms with E-state index in [-0.39, 0.29) is 41.6 Å². The topological polar surface area (TPSA) is 84.7 Å². The molecule has 2 heterocycles. The second-order valence-corrected chi connectivity index (χ2v) is 7.45. The van der Waals surface area contributed by atoms with Gasteiger partial charge in [-0.25, -0.2) is 0 Å². The van der Waals surface area contributed by atoms with E-state index >= 15 is 0 Å². The lowest BCUT2D eigenvalue weighted by Crippen LogP contribution is -2.40. The summed E-state index contributed by atoms with van der Waals surface area (Å²) in [6.07, 6.45) is -4.78. The van der Waals surface area contributed by atoms with E-state index in [0.717, 1.165) is 15.9 Å². The highest BCUT2D eigenvalue weighted by molar-refractivity contribution is 7.80. The van der Waals surface area contributed by atoms with Crippen LogP contribution < -0.4 is 4.90 Å². The molecule has 7 nitrogen and oxygen atoms in total. The minimum Gasteiger partial charge on any atom is -0.337 e. The Morgan fingerprint density at radius 2 is 1.62 bits per heavy atom. The molecule has 32 heavy (non-hydrogen) atoms. The molecule has 2 aliphatic rings. The molecule has 2 aliphatic heterocycles. The van der Waals surface area contributed by atoms with Crippen LogP contribution in [0.2, 0.25) is 0 Å². The molecule has 0 bridgehead atoms. The van der Waals surface area contributed by atoms with Crippen molar-refractivity contribution in [3.63, 3.8) is 0 Å². The van der Waals surface area contributed by atoms with Gasteiger partial charge in [0.2, 0.25) is 0 Å². The van der Waals surface area contributed by atoms with Gasteiger partial charge in [0.1, 0.15) is 6.54 Å². The van der Waals surface area contributed by atoms with E-state index in [1.54, 1.807) is 24.3 Å². The summed E-state index contributed by atoms with van der Waals surface area (Å²) in [5.41, 5.74) is -1.28. The van der Waals surface area contributed by atoms with Gasteiger partial charge in [0.05, 0.1) is 34.0 Å². The fourth-order valence-corrected chi connectivity index (χ4v) is 4.01. The SMILES string of the molecule is N#Cc1ccc(N2C(=O)CN(CCN3C(=O)c4ccccc4C3=O)C2=S)cc1C(F)(F)F. The minimum absolute atomic E-state index is 0.0367. The van der Waals surface area contributed by atoms with Crippen molar-refractivity contribution in [2.75, 3.05) is 24.5 Å². The number of fused-ring (bicyclic) bond motifs is 1. The molecule has 0 aliphatic carbocycles. The molecule has 162 valence electrons. The van der Waals surface area contributed by atoms with Gasteiger partial charge in [-0.05, 0) is 42.5 Å². The first-order valence-electron chi connectivity index (χ1n) is 9.32. The van der Waals surface area contributed by atoms with Crippen LogP contribution in [0.5, 0.6) is 0 Å². The molecule has 0 radical (unpaired) electrons. The molecule has 0 unspecified atom stereocenters. The average molecular weight is 458 g/mol. The highest BCUT2D eigenvalue weighted by atomic mass is 32.1. The number of carbonyl (C=O) groups is 3. The molecule has 4 rings (SSSR count). The number of amides is 3. The lowest BCUT2D eigenvalue weighted by atomic mass is 10.1. The van der Waals surface area contributed by atoms with Crippen molar-refractivity contribution in [2.45, 2.75) is 6.18 Å². The van der Waals surface area contributed by atoms with Gasteiger partial charge in [0, 0.05) is 13.1 Å². The molecule has 11 heteroatoms. The van der Waals surface area contributed by atoms with Crippen LogP contribution in [0.1, 0.15) is 31.8 Å². The zero-order valence-electron chi connectivity index (χ0n) is 16.2. The molecule has 3 amide bonds. The summed E-state index contributed by atoms with van der Waals surface area (Å²) in [6.45, 7) is -0.229. The van der Waals surface area contributed by atoms with Gasteiger partial charge in [0.25, 0.3) is 17.7 Å². The molecule has 0 atom stereocenters. The first-order valence-corrected chi connectivity index (χ1v) is 9.72. The summed E-state index contributed by atoms with van der Waals surface area (Å²) in [5.74, 6) is -1.48. The Kier molecular flexibility index (Phi) is 5.18. The number of benzene rings is 2. The third-order valence-electron chi connectivity index (χ3n) is 5.20. The van der Waals surface area contributed by atoms with Gasteiger partial charge < -0.3 is 4.90 Å². The lowest BCUT2D eigenvalue weighted by molar-refractivity contribution is -0.137. The Hall–Kier alpha value is -3.78. The number of hydrogen-bond donors (Lipinski definition) is 0. The molecule has 0 saturated carbocycles. The van der Waals surface area contributed by atoms with Crippen molar-refractivity contribution >= 4 is 40.7 Å². The Balaban J connectivity index is 1.52. The summed E-state index contributed by atoms with van der Waals surface area (Å²) in [6, 6.07) is 10.8. The summed E-state index contributed by atoms with van der Waals surface area (Å²) < 4.78 is 39.9. The molecular weight excluding hydrogens is 445 g/mol. The summed E-state index contributed by atoms with van der Waals surface area (Å²) in [4.78, 5) is 40.9. The highest BCUT2D eigenvalue weighted by Crippen LogP contribution is 2.35. The van der Waals surface area contributed by atoms with E-state index < -0.39 is 35.0 Å². The Labute approximate surface area is 185 Å². The van der Waals surface area contributed by atoms with Crippen LogP contribution >= 0.6 is 12.2 Å². The number of carbonyl (C=O) groups excluding carboxylic acids is 3. The first kappa shape index (κ1) is 21.5. The van der Waals surface area contributed by atoms with Gasteiger partial charge in [-0.3, -0.25) is 24.2 Å². The zero-order chi connectivity index (χ0) is 23.2. The predicted octanol–water partition coefficient (Wildman–Crippen LogP) is 2.81. The van der Waals surface area contributed by atoms with Crippen LogP contribution in [0.3, 0.4) is 0 Å². The smallest absolute Gasteiger partial charge is 0.337 e.